The second-order valence-electron chi connectivity index (χ2n) is 6.62. The Morgan fingerprint density at radius 1 is 1.50 bits per heavy atom. The Labute approximate surface area is 132 Å². The van der Waals surface area contributed by atoms with Crippen molar-refractivity contribution in [3.05, 3.63) is 17.5 Å². The first-order chi connectivity index (χ1) is 10.4. The number of hydrogen-bond acceptors (Lipinski definition) is 4. The van der Waals surface area contributed by atoms with Crippen molar-refractivity contribution >= 4 is 5.91 Å². The Morgan fingerprint density at radius 2 is 2.23 bits per heavy atom. The molecule has 2 rings (SSSR count). The lowest BCUT2D eigenvalue weighted by atomic mass is 10.0. The Hall–Kier alpha value is -1.40. The summed E-state index contributed by atoms with van der Waals surface area (Å²) in [7, 11) is 0. The highest BCUT2D eigenvalue weighted by molar-refractivity contribution is 5.81. The molecule has 2 N–H and O–H groups in total. The van der Waals surface area contributed by atoms with Crippen molar-refractivity contribution in [2.45, 2.75) is 52.8 Å². The maximum atomic E-state index is 12.4. The Morgan fingerprint density at radius 3 is 2.82 bits per heavy atom. The van der Waals surface area contributed by atoms with Gasteiger partial charge < -0.3 is 15.4 Å². The van der Waals surface area contributed by atoms with Crippen molar-refractivity contribution in [2.75, 3.05) is 19.7 Å². The summed E-state index contributed by atoms with van der Waals surface area (Å²) < 4.78 is 7.74. The highest BCUT2D eigenvalue weighted by atomic mass is 16.5. The van der Waals surface area contributed by atoms with Crippen LogP contribution in [-0.4, -0.2) is 52.4 Å². The average Bonchev–Trinajstić information content (AvgIpc) is 2.75. The summed E-state index contributed by atoms with van der Waals surface area (Å²) >= 11 is 0. The van der Waals surface area contributed by atoms with Crippen molar-refractivity contribution in [1.82, 2.24) is 14.7 Å². The molecule has 1 aromatic rings. The maximum Gasteiger partial charge on any atom is 0.239 e. The number of carbonyl (C=O) groups excluding carboxylic acids is 1. The number of nitrogens with two attached hydrogens (primary N) is 1. The van der Waals surface area contributed by atoms with E-state index in [0.717, 1.165) is 17.8 Å². The van der Waals surface area contributed by atoms with Gasteiger partial charge in [-0.25, -0.2) is 0 Å². The van der Waals surface area contributed by atoms with Gasteiger partial charge in [0.2, 0.25) is 5.91 Å². The first kappa shape index (κ1) is 17.0. The van der Waals surface area contributed by atoms with Crippen LogP contribution < -0.4 is 5.73 Å². The molecule has 1 fully saturated rings. The fraction of sp³-hybridized carbons (Fsp3) is 0.750. The molecular formula is C16H28N4O2. The van der Waals surface area contributed by atoms with Gasteiger partial charge in [-0.3, -0.25) is 9.48 Å². The number of nitrogens with zero attached hydrogens (tertiary/aromatic N) is 3. The van der Waals surface area contributed by atoms with Crippen LogP contribution in [0.15, 0.2) is 6.07 Å². The molecule has 1 amide bonds. The molecule has 6 nitrogen and oxygen atoms in total. The van der Waals surface area contributed by atoms with E-state index in [-0.39, 0.29) is 12.0 Å². The summed E-state index contributed by atoms with van der Waals surface area (Å²) in [5.41, 5.74) is 8.14. The topological polar surface area (TPSA) is 73.4 Å². The molecule has 22 heavy (non-hydrogen) atoms. The Balaban J connectivity index is 1.94. The maximum absolute atomic E-state index is 12.4. The van der Waals surface area contributed by atoms with Gasteiger partial charge in [-0.15, -0.1) is 0 Å². The Bertz CT molecular complexity index is 512. The number of carbonyl (C=O) groups is 1. The van der Waals surface area contributed by atoms with E-state index < -0.39 is 6.04 Å². The van der Waals surface area contributed by atoms with Gasteiger partial charge in [0, 0.05) is 18.8 Å². The van der Waals surface area contributed by atoms with Crippen molar-refractivity contribution in [3.8, 4) is 0 Å². The third-order valence-electron chi connectivity index (χ3n) is 3.97. The van der Waals surface area contributed by atoms with Crippen molar-refractivity contribution in [3.63, 3.8) is 0 Å². The van der Waals surface area contributed by atoms with Gasteiger partial charge in [-0.1, -0.05) is 13.8 Å². The molecule has 1 aliphatic heterocycles. The number of amides is 1. The highest BCUT2D eigenvalue weighted by Crippen LogP contribution is 2.13. The van der Waals surface area contributed by atoms with Gasteiger partial charge in [-0.2, -0.15) is 5.10 Å². The minimum absolute atomic E-state index is 0.0260. The van der Waals surface area contributed by atoms with E-state index in [4.69, 9.17) is 10.5 Å². The average molecular weight is 308 g/mol. The Kier molecular flexibility index (Phi) is 5.58. The molecule has 1 unspecified atom stereocenters. The molecule has 1 aliphatic rings. The molecule has 1 saturated heterocycles. The molecule has 0 aliphatic carbocycles. The minimum atomic E-state index is -0.410. The van der Waals surface area contributed by atoms with Crippen molar-refractivity contribution in [1.29, 1.82) is 0 Å². The zero-order chi connectivity index (χ0) is 16.3. The lowest BCUT2D eigenvalue weighted by Crippen LogP contribution is -2.52. The van der Waals surface area contributed by atoms with Crippen LogP contribution >= 0.6 is 0 Å². The molecule has 0 saturated carbocycles. The largest absolute Gasteiger partial charge is 0.373 e. The van der Waals surface area contributed by atoms with Crippen molar-refractivity contribution in [2.24, 2.45) is 11.7 Å². The van der Waals surface area contributed by atoms with E-state index in [1.807, 2.05) is 29.5 Å². The number of aryl methyl sites for hydroxylation is 2. The van der Waals surface area contributed by atoms with Crippen LogP contribution in [0.1, 0.15) is 31.7 Å². The van der Waals surface area contributed by atoms with Gasteiger partial charge >= 0.3 is 0 Å². The van der Waals surface area contributed by atoms with Crippen LogP contribution in [0.2, 0.25) is 0 Å². The zero-order valence-corrected chi connectivity index (χ0v) is 14.1. The first-order valence-corrected chi connectivity index (χ1v) is 8.04. The molecule has 2 atom stereocenters. The fourth-order valence-corrected chi connectivity index (χ4v) is 2.93. The van der Waals surface area contributed by atoms with Crippen LogP contribution in [-0.2, 0) is 16.1 Å². The second kappa shape index (κ2) is 7.24. The molecule has 0 bridgehead atoms. The molecule has 0 spiro atoms. The van der Waals surface area contributed by atoms with Gasteiger partial charge in [0.05, 0.1) is 31.0 Å². The normalized spacial score (nSPS) is 20.5. The van der Waals surface area contributed by atoms with E-state index in [1.165, 1.54) is 0 Å². The predicted octanol–water partition coefficient (Wildman–Crippen LogP) is 1.10. The number of rotatable bonds is 5. The number of morpholine rings is 1. The van der Waals surface area contributed by atoms with E-state index in [2.05, 4.69) is 18.9 Å². The second-order valence-corrected chi connectivity index (χ2v) is 6.62. The summed E-state index contributed by atoms with van der Waals surface area (Å²) in [6.45, 7) is 10.6. The number of aromatic nitrogens is 2. The zero-order valence-electron chi connectivity index (χ0n) is 14.1. The summed E-state index contributed by atoms with van der Waals surface area (Å²) in [5.74, 6) is 0.459. The standard InChI is InChI=1S/C16H28N4O2/c1-11(2)7-15(17)16(21)19-5-6-22-14(9-19)10-20-13(4)8-12(3)18-20/h8,11,14-15H,5-7,9-10,17H2,1-4H3/t14?,15-/m0/s1. The van der Waals surface area contributed by atoms with E-state index in [1.54, 1.807) is 0 Å². The molecule has 124 valence electrons. The highest BCUT2D eigenvalue weighted by Gasteiger charge is 2.28. The van der Waals surface area contributed by atoms with Gasteiger partial charge in [-0.05, 0) is 32.3 Å². The fourth-order valence-electron chi connectivity index (χ4n) is 2.93. The molecule has 0 aromatic carbocycles. The SMILES string of the molecule is Cc1cc(C)n(CC2CN(C(=O)[C@@H](N)CC(C)C)CCO2)n1. The number of ether oxygens (including phenoxy) is 1. The summed E-state index contributed by atoms with van der Waals surface area (Å²) in [5, 5.41) is 4.46. The molecule has 6 heteroatoms. The van der Waals surface area contributed by atoms with E-state index in [0.29, 0.717) is 32.2 Å². The van der Waals surface area contributed by atoms with Crippen LogP contribution in [0.5, 0.6) is 0 Å². The van der Waals surface area contributed by atoms with Gasteiger partial charge in [0.1, 0.15) is 0 Å². The predicted molar refractivity (Wildman–Crippen MR) is 85.5 cm³/mol. The first-order valence-electron chi connectivity index (χ1n) is 8.04. The molecule has 0 radical (unpaired) electrons. The molecule has 1 aromatic heterocycles. The number of hydrogen-bond donors (Lipinski definition) is 1. The van der Waals surface area contributed by atoms with Crippen LogP contribution in [0, 0.1) is 19.8 Å². The summed E-state index contributed by atoms with van der Waals surface area (Å²) in [6.07, 6.45) is 0.695. The monoisotopic (exact) mass is 308 g/mol. The smallest absolute Gasteiger partial charge is 0.239 e. The summed E-state index contributed by atoms with van der Waals surface area (Å²) in [4.78, 5) is 14.3. The van der Waals surface area contributed by atoms with E-state index in [9.17, 15) is 4.79 Å². The third kappa shape index (κ3) is 4.30. The van der Waals surface area contributed by atoms with Crippen LogP contribution in [0.4, 0.5) is 0 Å². The van der Waals surface area contributed by atoms with Gasteiger partial charge in [0.15, 0.2) is 0 Å². The van der Waals surface area contributed by atoms with Crippen LogP contribution in [0.3, 0.4) is 0 Å². The quantitative estimate of drug-likeness (QED) is 0.884. The third-order valence-corrected chi connectivity index (χ3v) is 3.97. The van der Waals surface area contributed by atoms with Crippen molar-refractivity contribution < 1.29 is 9.53 Å². The minimum Gasteiger partial charge on any atom is -0.373 e. The molecular weight excluding hydrogens is 280 g/mol. The summed E-state index contributed by atoms with van der Waals surface area (Å²) in [6, 6.07) is 1.64. The van der Waals surface area contributed by atoms with Crippen LogP contribution in [0.25, 0.3) is 0 Å². The van der Waals surface area contributed by atoms with Gasteiger partial charge in [0.25, 0.3) is 0 Å². The van der Waals surface area contributed by atoms with E-state index >= 15 is 0 Å². The lowest BCUT2D eigenvalue weighted by Gasteiger charge is -2.34. The molecule has 2 heterocycles. The lowest BCUT2D eigenvalue weighted by molar-refractivity contribution is -0.141.